The van der Waals surface area contributed by atoms with Gasteiger partial charge in [-0.15, -0.1) is 11.3 Å². The summed E-state index contributed by atoms with van der Waals surface area (Å²) in [6, 6.07) is 15.3. The average molecular weight is 510 g/mol. The Balaban J connectivity index is 1.64. The maximum absolute atomic E-state index is 13.3. The van der Waals surface area contributed by atoms with Crippen molar-refractivity contribution in [2.75, 3.05) is 12.4 Å². The molecule has 2 heterocycles. The largest absolute Gasteiger partial charge is 0.497 e. The molecule has 0 saturated carbocycles. The molecular weight excluding hydrogens is 486 g/mol. The highest BCUT2D eigenvalue weighted by atomic mass is 32.2. The smallest absolute Gasteiger partial charge is 0.335 e. The van der Waals surface area contributed by atoms with E-state index in [1.165, 1.54) is 35.2 Å². The van der Waals surface area contributed by atoms with Gasteiger partial charge in [-0.05, 0) is 47.7 Å². The fraction of sp³-hybridized carbons (Fsp3) is 0.200. The minimum atomic E-state index is -1.01. The Morgan fingerprint density at radius 2 is 1.97 bits per heavy atom. The lowest BCUT2D eigenvalue weighted by molar-refractivity contribution is -0.115. The highest BCUT2D eigenvalue weighted by Crippen LogP contribution is 2.28. The van der Waals surface area contributed by atoms with Crippen molar-refractivity contribution in [2.45, 2.75) is 30.3 Å². The number of nitrogens with one attached hydrogen (secondary N) is 1. The summed E-state index contributed by atoms with van der Waals surface area (Å²) in [5, 5.41) is 13.8. The van der Waals surface area contributed by atoms with Gasteiger partial charge in [-0.1, -0.05) is 36.9 Å². The molecule has 4 rings (SSSR count). The molecule has 2 aromatic heterocycles. The highest BCUT2D eigenvalue weighted by Gasteiger charge is 2.23. The Labute approximate surface area is 209 Å². The van der Waals surface area contributed by atoms with Gasteiger partial charge in [0.25, 0.3) is 5.56 Å². The first kappa shape index (κ1) is 24.5. The van der Waals surface area contributed by atoms with Crippen molar-refractivity contribution >= 4 is 50.9 Å². The molecule has 0 aliphatic rings. The molecule has 0 radical (unpaired) electrons. The van der Waals surface area contributed by atoms with Crippen LogP contribution in [0.5, 0.6) is 5.75 Å². The molecule has 10 heteroatoms. The van der Waals surface area contributed by atoms with E-state index in [4.69, 9.17) is 9.84 Å². The van der Waals surface area contributed by atoms with E-state index in [0.717, 1.165) is 5.56 Å². The quantitative estimate of drug-likeness (QED) is 0.248. The van der Waals surface area contributed by atoms with Gasteiger partial charge in [0.15, 0.2) is 5.16 Å². The number of hydrogen-bond acceptors (Lipinski definition) is 7. The molecule has 35 heavy (non-hydrogen) atoms. The summed E-state index contributed by atoms with van der Waals surface area (Å²) in [6.45, 7) is 2.11. The maximum Gasteiger partial charge on any atom is 0.335 e. The van der Waals surface area contributed by atoms with E-state index in [2.05, 4.69) is 10.3 Å². The molecule has 0 spiro atoms. The van der Waals surface area contributed by atoms with E-state index in [-0.39, 0.29) is 23.6 Å². The maximum atomic E-state index is 13.3. The summed E-state index contributed by atoms with van der Waals surface area (Å²) < 4.78 is 7.30. The minimum absolute atomic E-state index is 0.169. The van der Waals surface area contributed by atoms with E-state index < -0.39 is 11.2 Å². The number of methoxy groups -OCH3 is 1. The summed E-state index contributed by atoms with van der Waals surface area (Å²) in [6.07, 6.45) is 0.519. The van der Waals surface area contributed by atoms with Crippen LogP contribution < -0.4 is 15.6 Å². The number of thiophene rings is 1. The number of carboxylic acid groups (broad SMARTS) is 1. The molecule has 0 fully saturated rings. The number of thioether (sulfide) groups is 1. The molecule has 0 bridgehead atoms. The Kier molecular flexibility index (Phi) is 7.52. The standard InChI is InChI=1S/C25H23N3O5S2/c1-3-20(22(29)26-17-5-4-6-18(13-17)33-2)35-25-27-19-11-12-34-21(19)23(30)28(25)14-15-7-9-16(10-8-15)24(31)32/h4-13,20H,3,14H2,1-2H3,(H,26,29)(H,31,32)/t20-/m1/s1. The first-order chi connectivity index (χ1) is 16.9. The fourth-order valence-electron chi connectivity index (χ4n) is 3.46. The third-order valence-electron chi connectivity index (χ3n) is 5.32. The zero-order valence-corrected chi connectivity index (χ0v) is 20.7. The van der Waals surface area contributed by atoms with E-state index in [1.807, 2.05) is 12.3 Å². The topological polar surface area (TPSA) is 111 Å². The van der Waals surface area contributed by atoms with Gasteiger partial charge in [-0.25, -0.2) is 9.78 Å². The predicted molar refractivity (Wildman–Crippen MR) is 138 cm³/mol. The lowest BCUT2D eigenvalue weighted by Gasteiger charge is -2.18. The van der Waals surface area contributed by atoms with Crippen molar-refractivity contribution in [3.8, 4) is 5.75 Å². The zero-order valence-electron chi connectivity index (χ0n) is 19.1. The third-order valence-corrected chi connectivity index (χ3v) is 7.57. The van der Waals surface area contributed by atoms with E-state index in [9.17, 15) is 14.4 Å². The molecule has 0 saturated heterocycles. The number of aromatic nitrogens is 2. The second-order valence-electron chi connectivity index (χ2n) is 7.66. The Morgan fingerprint density at radius 1 is 1.20 bits per heavy atom. The first-order valence-electron chi connectivity index (χ1n) is 10.8. The Hall–Kier alpha value is -3.63. The molecule has 0 unspecified atom stereocenters. The molecule has 8 nitrogen and oxygen atoms in total. The van der Waals surface area contributed by atoms with Gasteiger partial charge in [0.05, 0.1) is 30.0 Å². The van der Waals surface area contributed by atoms with E-state index in [0.29, 0.717) is 33.2 Å². The van der Waals surface area contributed by atoms with Crippen LogP contribution in [0, 0.1) is 0 Å². The number of carbonyl (C=O) groups is 2. The average Bonchev–Trinajstić information content (AvgIpc) is 3.33. The first-order valence-corrected chi connectivity index (χ1v) is 12.6. The number of nitrogens with zero attached hydrogens (tertiary/aromatic N) is 2. The van der Waals surface area contributed by atoms with Crippen LogP contribution in [0.1, 0.15) is 29.3 Å². The number of ether oxygens (including phenoxy) is 1. The molecule has 1 atom stereocenters. The van der Waals surface area contributed by atoms with Crippen molar-refractivity contribution in [1.29, 1.82) is 0 Å². The summed E-state index contributed by atoms with van der Waals surface area (Å²) >= 11 is 2.55. The highest BCUT2D eigenvalue weighted by molar-refractivity contribution is 8.00. The number of aromatic carboxylic acids is 1. The number of fused-ring (bicyclic) bond motifs is 1. The van der Waals surface area contributed by atoms with Crippen LogP contribution >= 0.6 is 23.1 Å². The molecule has 2 aromatic carbocycles. The van der Waals surface area contributed by atoms with Gasteiger partial charge in [0, 0.05) is 11.8 Å². The van der Waals surface area contributed by atoms with Crippen LogP contribution in [0.15, 0.2) is 69.9 Å². The molecule has 0 aliphatic heterocycles. The van der Waals surface area contributed by atoms with Crippen molar-refractivity contribution in [2.24, 2.45) is 0 Å². The number of hydrogen-bond donors (Lipinski definition) is 2. The van der Waals surface area contributed by atoms with E-state index in [1.54, 1.807) is 54.1 Å². The summed E-state index contributed by atoms with van der Waals surface area (Å²) in [7, 11) is 1.56. The van der Waals surface area contributed by atoms with Gasteiger partial charge >= 0.3 is 5.97 Å². The van der Waals surface area contributed by atoms with Crippen LogP contribution in [0.25, 0.3) is 10.2 Å². The predicted octanol–water partition coefficient (Wildman–Crippen LogP) is 4.72. The summed E-state index contributed by atoms with van der Waals surface area (Å²) in [5.74, 6) is -0.585. The van der Waals surface area contributed by atoms with Gasteiger partial charge in [0.2, 0.25) is 5.91 Å². The third kappa shape index (κ3) is 5.55. The van der Waals surface area contributed by atoms with E-state index >= 15 is 0 Å². The second kappa shape index (κ2) is 10.7. The number of carbonyl (C=O) groups excluding carboxylic acids is 1. The molecule has 180 valence electrons. The Morgan fingerprint density at radius 3 is 2.66 bits per heavy atom. The van der Waals surface area contributed by atoms with Crippen molar-refractivity contribution in [3.05, 3.63) is 81.5 Å². The normalized spacial score (nSPS) is 11.8. The lowest BCUT2D eigenvalue weighted by Crippen LogP contribution is -2.28. The van der Waals surface area contributed by atoms with Crippen molar-refractivity contribution in [1.82, 2.24) is 9.55 Å². The number of benzene rings is 2. The van der Waals surface area contributed by atoms with Crippen LogP contribution in [-0.4, -0.2) is 38.9 Å². The van der Waals surface area contributed by atoms with Crippen LogP contribution in [0.4, 0.5) is 5.69 Å². The van der Waals surface area contributed by atoms with Gasteiger partial charge in [0.1, 0.15) is 10.4 Å². The van der Waals surface area contributed by atoms with Crippen LogP contribution in [-0.2, 0) is 11.3 Å². The van der Waals surface area contributed by atoms with Gasteiger partial charge in [-0.2, -0.15) is 0 Å². The summed E-state index contributed by atoms with van der Waals surface area (Å²) in [5.41, 5.74) is 1.93. The number of anilines is 1. The molecule has 4 aromatic rings. The molecule has 0 aliphatic carbocycles. The number of rotatable bonds is 9. The van der Waals surface area contributed by atoms with Gasteiger partial charge < -0.3 is 15.2 Å². The Bertz CT molecular complexity index is 1430. The second-order valence-corrected chi connectivity index (χ2v) is 9.74. The molecule has 2 N–H and O–H groups in total. The number of amides is 1. The lowest BCUT2D eigenvalue weighted by atomic mass is 10.1. The molecular formula is C25H23N3O5S2. The fourth-order valence-corrected chi connectivity index (χ4v) is 5.25. The minimum Gasteiger partial charge on any atom is -0.497 e. The van der Waals surface area contributed by atoms with Crippen molar-refractivity contribution < 1.29 is 19.4 Å². The van der Waals surface area contributed by atoms with Crippen molar-refractivity contribution in [3.63, 3.8) is 0 Å². The molecule has 1 amide bonds. The number of carboxylic acids is 1. The zero-order chi connectivity index (χ0) is 24.9. The van der Waals surface area contributed by atoms with Gasteiger partial charge in [-0.3, -0.25) is 14.2 Å². The SMILES string of the molecule is CC[C@@H](Sc1nc2ccsc2c(=O)n1Cc1ccc(C(=O)O)cc1)C(=O)Nc1cccc(OC)c1. The van der Waals surface area contributed by atoms with Crippen LogP contribution in [0.3, 0.4) is 0 Å². The monoisotopic (exact) mass is 509 g/mol. The summed E-state index contributed by atoms with van der Waals surface area (Å²) in [4.78, 5) is 42.2. The van der Waals surface area contributed by atoms with Crippen LogP contribution in [0.2, 0.25) is 0 Å².